The van der Waals surface area contributed by atoms with Crippen LogP contribution >= 0.6 is 11.3 Å². The first-order chi connectivity index (χ1) is 39.7. The molecule has 1 aliphatic heterocycles. The number of rotatable bonds is 13. The third kappa shape index (κ3) is 10.8. The molecule has 406 valence electrons. The van der Waals surface area contributed by atoms with E-state index in [1.165, 1.54) is 104 Å². The quantitative estimate of drug-likeness (QED) is 0.116. The monoisotopic (exact) mass is 1080 g/mol. The van der Waals surface area contributed by atoms with E-state index in [0.29, 0.717) is 13.0 Å². The average Bonchev–Trinajstić information content (AvgIpc) is 4.51. The van der Waals surface area contributed by atoms with Gasteiger partial charge in [0.25, 0.3) is 0 Å². The van der Waals surface area contributed by atoms with Crippen molar-refractivity contribution in [3.05, 3.63) is 212 Å². The van der Waals surface area contributed by atoms with E-state index in [1.54, 1.807) is 11.3 Å². The zero-order valence-corrected chi connectivity index (χ0v) is 48.1. The minimum absolute atomic E-state index is 0.280. The molecule has 13 aromatic rings. The summed E-state index contributed by atoms with van der Waals surface area (Å²) in [7, 11) is 0. The normalized spacial score (nSPS) is 12.1. The van der Waals surface area contributed by atoms with Crippen LogP contribution in [0.2, 0.25) is 0 Å². The number of alkyl halides is 1. The maximum absolute atomic E-state index is 12.5. The Kier molecular flexibility index (Phi) is 16.3. The van der Waals surface area contributed by atoms with Gasteiger partial charge in [0.05, 0.1) is 30.6 Å². The van der Waals surface area contributed by atoms with Crippen molar-refractivity contribution in [2.45, 2.75) is 86.5 Å². The molecule has 0 atom stereocenters. The second-order valence-corrected chi connectivity index (χ2v) is 21.9. The Balaban J connectivity index is 0.000000114. The highest BCUT2D eigenvalue weighted by atomic mass is 32.1. The van der Waals surface area contributed by atoms with E-state index >= 15 is 0 Å². The predicted octanol–water partition coefficient (Wildman–Crippen LogP) is 19.8. The van der Waals surface area contributed by atoms with Gasteiger partial charge in [0.2, 0.25) is 0 Å². The number of fused-ring (bicyclic) bond motifs is 12. The Labute approximate surface area is 478 Å². The molecule has 7 nitrogen and oxygen atoms in total. The molecule has 0 amide bonds. The number of pyridine rings is 1. The third-order valence-corrected chi connectivity index (χ3v) is 16.2. The van der Waals surface area contributed by atoms with Gasteiger partial charge in [-0.1, -0.05) is 131 Å². The van der Waals surface area contributed by atoms with Crippen molar-refractivity contribution in [3.63, 3.8) is 0 Å². The SMILES string of the molecule is C=C(C)c1cc2c3ccccc3n(CCC)c2cn1.C=C(C)c1ccc2c(c1)c1ccccc1n2CCCF.CCCn1c2ccccc2c2cc(-c3nccs3)ccc21.CCCn1c2ccccc2c2cc(C3=CCN=C3)ccc21. The van der Waals surface area contributed by atoms with E-state index in [2.05, 4.69) is 225 Å². The molecule has 0 saturated carbocycles. The second-order valence-electron chi connectivity index (χ2n) is 21.1. The third-order valence-electron chi connectivity index (χ3n) is 15.4. The summed E-state index contributed by atoms with van der Waals surface area (Å²) >= 11 is 1.69. The molecule has 9 heteroatoms. The summed E-state index contributed by atoms with van der Waals surface area (Å²) in [4.78, 5) is 13.2. The van der Waals surface area contributed by atoms with E-state index in [9.17, 15) is 4.39 Å². The van der Waals surface area contributed by atoms with Crippen molar-refractivity contribution < 1.29 is 4.39 Å². The number of hydrogen-bond acceptors (Lipinski definition) is 4. The van der Waals surface area contributed by atoms with Crippen LogP contribution in [0.3, 0.4) is 0 Å². The van der Waals surface area contributed by atoms with E-state index < -0.39 is 0 Å². The van der Waals surface area contributed by atoms with Crippen LogP contribution in [0.25, 0.3) is 115 Å². The summed E-state index contributed by atoms with van der Waals surface area (Å²) in [5.74, 6) is 0. The molecule has 0 N–H and O–H groups in total. The Morgan fingerprint density at radius 1 is 0.494 bits per heavy atom. The average molecular weight is 1080 g/mol. The molecule has 6 aromatic heterocycles. The summed E-state index contributed by atoms with van der Waals surface area (Å²) < 4.78 is 22.0. The second kappa shape index (κ2) is 24.4. The number of halogens is 1. The summed E-state index contributed by atoms with van der Waals surface area (Å²) in [6, 6.07) is 56.3. The van der Waals surface area contributed by atoms with E-state index in [4.69, 9.17) is 0 Å². The van der Waals surface area contributed by atoms with E-state index in [-0.39, 0.29) is 6.67 Å². The molecule has 7 heterocycles. The molecule has 14 rings (SSSR count). The lowest BCUT2D eigenvalue weighted by atomic mass is 10.0. The lowest BCUT2D eigenvalue weighted by molar-refractivity contribution is 0.452. The van der Waals surface area contributed by atoms with Gasteiger partial charge < -0.3 is 18.3 Å². The van der Waals surface area contributed by atoms with E-state index in [1.807, 2.05) is 43.9 Å². The Morgan fingerprint density at radius 3 is 1.42 bits per heavy atom. The molecule has 0 spiro atoms. The Hall–Kier alpha value is -8.66. The van der Waals surface area contributed by atoms with Crippen molar-refractivity contribution in [2.75, 3.05) is 13.2 Å². The number of para-hydroxylation sites is 4. The van der Waals surface area contributed by atoms with Gasteiger partial charge in [-0.25, -0.2) is 4.98 Å². The van der Waals surface area contributed by atoms with Crippen LogP contribution < -0.4 is 0 Å². The molecule has 0 bridgehead atoms. The number of benzene rings is 7. The highest BCUT2D eigenvalue weighted by Crippen LogP contribution is 2.36. The lowest BCUT2D eigenvalue weighted by Gasteiger charge is -2.06. The summed E-state index contributed by atoms with van der Waals surface area (Å²) in [5.41, 5.74) is 18.1. The summed E-state index contributed by atoms with van der Waals surface area (Å²) in [6.45, 7) is 23.1. The zero-order chi connectivity index (χ0) is 56.0. The van der Waals surface area contributed by atoms with Gasteiger partial charge in [0.1, 0.15) is 5.01 Å². The maximum atomic E-state index is 12.5. The highest BCUT2D eigenvalue weighted by molar-refractivity contribution is 7.13. The molecule has 0 radical (unpaired) electrons. The van der Waals surface area contributed by atoms with Crippen molar-refractivity contribution in [2.24, 2.45) is 4.99 Å². The molecular formula is C72H70FN7S. The fraction of sp³-hybridized carbons (Fsp3) is 0.208. The van der Waals surface area contributed by atoms with Crippen molar-refractivity contribution >= 4 is 121 Å². The minimum Gasteiger partial charge on any atom is -0.340 e. The van der Waals surface area contributed by atoms with Gasteiger partial charge in [0.15, 0.2) is 0 Å². The number of thiazole rings is 1. The van der Waals surface area contributed by atoms with Gasteiger partial charge in [-0.15, -0.1) is 11.3 Å². The van der Waals surface area contributed by atoms with Gasteiger partial charge in [-0.05, 0) is 135 Å². The van der Waals surface area contributed by atoms with Crippen LogP contribution in [0, 0.1) is 0 Å². The number of allylic oxidation sites excluding steroid dienone is 3. The summed E-state index contributed by atoms with van der Waals surface area (Å²) in [5, 5.41) is 13.5. The molecule has 1 aliphatic rings. The molecule has 0 saturated heterocycles. The van der Waals surface area contributed by atoms with Crippen molar-refractivity contribution in [1.29, 1.82) is 0 Å². The van der Waals surface area contributed by atoms with Crippen LogP contribution in [-0.2, 0) is 26.2 Å². The standard InChI is InChI=1S/C19H18N2.C18H18FN.C18H16N2S.C17H18N2/c1-2-11-21-18-6-4-3-5-16(18)17-12-14(7-8-19(17)21)15-9-10-20-13-15;1-13(2)14-8-9-18-16(12-14)15-6-3-4-7-17(15)20(18)11-5-10-19;1-2-10-20-16-6-4-3-5-14(16)15-12-13(7-8-17(15)20)18-19-9-11-21-18;1-4-9-19-16-8-6-5-7-13(16)14-10-15(12(2)3)18-11-17(14)19/h3-9,12-13H,2,10-11H2,1H3;3-4,6-9,12H,1,5,10-11H2,2H3;3-9,11-12H,2,10H2,1H3;5-8,10-11H,2,4,9H2,1,3H3. The van der Waals surface area contributed by atoms with E-state index in [0.717, 1.165) is 72.9 Å². The van der Waals surface area contributed by atoms with Gasteiger partial charge in [-0.2, -0.15) is 0 Å². The molecule has 81 heavy (non-hydrogen) atoms. The van der Waals surface area contributed by atoms with Crippen LogP contribution in [-0.4, -0.2) is 47.7 Å². The molecule has 0 fully saturated rings. The molecular weight excluding hydrogens is 1010 g/mol. The van der Waals surface area contributed by atoms with Crippen LogP contribution in [0.15, 0.2) is 200 Å². The number of hydrogen-bond donors (Lipinski definition) is 0. The van der Waals surface area contributed by atoms with Crippen LogP contribution in [0.1, 0.15) is 77.1 Å². The fourth-order valence-electron chi connectivity index (χ4n) is 11.7. The molecule has 0 aliphatic carbocycles. The smallest absolute Gasteiger partial charge is 0.123 e. The minimum atomic E-state index is -0.280. The Bertz CT molecular complexity index is 4480. The topological polar surface area (TPSA) is 57.9 Å². The molecule has 7 aromatic carbocycles. The van der Waals surface area contributed by atoms with Gasteiger partial charge in [-0.3, -0.25) is 14.4 Å². The first-order valence-corrected chi connectivity index (χ1v) is 29.5. The van der Waals surface area contributed by atoms with Crippen LogP contribution in [0.5, 0.6) is 0 Å². The predicted molar refractivity (Wildman–Crippen MR) is 349 cm³/mol. The lowest BCUT2D eigenvalue weighted by Crippen LogP contribution is -1.98. The number of aryl methyl sites for hydroxylation is 4. The van der Waals surface area contributed by atoms with Gasteiger partial charge >= 0.3 is 0 Å². The number of aliphatic imine (C=N–C) groups is 1. The van der Waals surface area contributed by atoms with Crippen molar-refractivity contribution in [1.82, 2.24) is 28.2 Å². The largest absolute Gasteiger partial charge is 0.340 e. The highest BCUT2D eigenvalue weighted by Gasteiger charge is 2.16. The first-order valence-electron chi connectivity index (χ1n) is 28.6. The maximum Gasteiger partial charge on any atom is 0.123 e. The fourth-order valence-corrected chi connectivity index (χ4v) is 12.3. The number of aromatic nitrogens is 6. The number of nitrogens with zero attached hydrogens (tertiary/aromatic N) is 7. The summed E-state index contributed by atoms with van der Waals surface area (Å²) in [6.07, 6.45) is 12.0. The zero-order valence-electron chi connectivity index (χ0n) is 47.3. The van der Waals surface area contributed by atoms with Gasteiger partial charge in [0, 0.05) is 131 Å². The van der Waals surface area contributed by atoms with Crippen LogP contribution in [0.4, 0.5) is 4.39 Å². The first kappa shape index (κ1) is 54.3. The van der Waals surface area contributed by atoms with Crippen molar-refractivity contribution in [3.8, 4) is 10.6 Å². The molecule has 0 unspecified atom stereocenters. The Morgan fingerprint density at radius 2 is 0.951 bits per heavy atom.